The van der Waals surface area contributed by atoms with Gasteiger partial charge in [0.15, 0.2) is 21.2 Å². The van der Waals surface area contributed by atoms with Crippen LogP contribution in [0.1, 0.15) is 39.0 Å². The Hall–Kier alpha value is -1.26. The molecule has 2 unspecified atom stereocenters. The number of Topliss-reactive ketones (excluding diaryl/α,β-unsaturated/α-hetero) is 1. The average molecular weight is 686 g/mol. The summed E-state index contributed by atoms with van der Waals surface area (Å²) in [5, 5.41) is -7.52. The van der Waals surface area contributed by atoms with E-state index >= 15 is 0 Å². The molecule has 0 amide bonds. The molecule has 0 radical (unpaired) electrons. The van der Waals surface area contributed by atoms with Gasteiger partial charge in [-0.15, -0.1) is 0 Å². The molecule has 0 aliphatic heterocycles. The maximum atomic E-state index is 13.0. The molecule has 0 aromatic carbocycles. The van der Waals surface area contributed by atoms with Crippen molar-refractivity contribution in [1.29, 1.82) is 0 Å². The fourth-order valence-corrected chi connectivity index (χ4v) is 5.65. The lowest BCUT2D eigenvalue weighted by atomic mass is 9.91. The normalized spacial score (nSPS) is 19.9. The smallest absolute Gasteiger partial charge is 0.460 e. The van der Waals surface area contributed by atoms with Crippen LogP contribution in [0.25, 0.3) is 0 Å². The summed E-state index contributed by atoms with van der Waals surface area (Å²) in [6, 6.07) is 0. The van der Waals surface area contributed by atoms with Gasteiger partial charge in [0.25, 0.3) is 0 Å². The molecule has 4 nitrogen and oxygen atoms in total. The third-order valence-corrected chi connectivity index (χ3v) is 8.92. The van der Waals surface area contributed by atoms with E-state index < -0.39 is 57.1 Å². The van der Waals surface area contributed by atoms with Gasteiger partial charge in [-0.3, -0.25) is 4.79 Å². The lowest BCUT2D eigenvalue weighted by Crippen LogP contribution is -2.75. The molecule has 41 heavy (non-hydrogen) atoms. The van der Waals surface area contributed by atoms with Gasteiger partial charge in [-0.05, 0) is 30.2 Å². The fraction of sp³-hybridized carbons (Fsp3) is 0.944. The first-order valence-corrected chi connectivity index (χ1v) is 13.8. The predicted molar refractivity (Wildman–Crippen MR) is 106 cm³/mol. The Morgan fingerprint density at radius 1 is 0.707 bits per heavy atom. The highest BCUT2D eigenvalue weighted by atomic mass is 32.2. The first-order chi connectivity index (χ1) is 17.8. The number of ketones is 1. The quantitative estimate of drug-likeness (QED) is 0.147. The molecule has 0 bridgehead atoms. The molecule has 0 spiro atoms. The van der Waals surface area contributed by atoms with E-state index in [1.54, 1.807) is 0 Å². The van der Waals surface area contributed by atoms with E-state index in [-0.39, 0.29) is 0 Å². The van der Waals surface area contributed by atoms with E-state index in [0.29, 0.717) is 21.9 Å². The van der Waals surface area contributed by atoms with Gasteiger partial charge in [0.2, 0.25) is 0 Å². The first-order valence-electron chi connectivity index (χ1n) is 10.6. The molecule has 0 aromatic heterocycles. The summed E-state index contributed by atoms with van der Waals surface area (Å²) in [6.07, 6.45) is 0.0250. The van der Waals surface area contributed by atoms with Gasteiger partial charge in [-0.2, -0.15) is 74.6 Å². The van der Waals surface area contributed by atoms with E-state index in [4.69, 9.17) is 0 Å². The monoisotopic (exact) mass is 686 g/mol. The summed E-state index contributed by atoms with van der Waals surface area (Å²) in [6.45, 7) is 2.21. The van der Waals surface area contributed by atoms with Crippen molar-refractivity contribution < 1.29 is 92.4 Å². The van der Waals surface area contributed by atoms with Crippen molar-refractivity contribution in [2.75, 3.05) is 12.0 Å². The first kappa shape index (κ1) is 39.7. The number of rotatable bonds is 10. The molecule has 1 aliphatic rings. The predicted octanol–water partition coefficient (Wildman–Crippen LogP) is 6.65. The minimum absolute atomic E-state index is 0.364. The maximum Gasteiger partial charge on any atom is 0.460 e. The van der Waals surface area contributed by atoms with Crippen LogP contribution in [-0.2, 0) is 25.8 Å². The minimum Gasteiger partial charge on any atom is -0.743 e. The zero-order chi connectivity index (χ0) is 33.5. The fourth-order valence-electron chi connectivity index (χ4n) is 3.15. The van der Waals surface area contributed by atoms with E-state index in [1.807, 2.05) is 0 Å². The Morgan fingerprint density at radius 3 is 1.39 bits per heavy atom. The summed E-state index contributed by atoms with van der Waals surface area (Å²) in [7, 11) is -7.78. The SMILES string of the molecule is CCC[S+](C)C1CCCCC1=O.O=S(=O)([O-])C(F)(F)C(F)(F)C(F)(F)C(F)(F)C(F)(F)C(F)(F)C(F)(F)C(F)(F)F. The second kappa shape index (κ2) is 12.0. The molecular formula is C18H19F17O4S2. The molecule has 1 rings (SSSR count). The van der Waals surface area contributed by atoms with E-state index in [0.717, 1.165) is 12.8 Å². The molecule has 0 heterocycles. The van der Waals surface area contributed by atoms with E-state index in [2.05, 4.69) is 13.2 Å². The highest BCUT2D eigenvalue weighted by Crippen LogP contribution is 2.64. The molecule has 23 heteroatoms. The highest BCUT2D eigenvalue weighted by Gasteiger charge is 2.95. The Bertz CT molecular complexity index is 1020. The van der Waals surface area contributed by atoms with Gasteiger partial charge in [-0.1, -0.05) is 6.92 Å². The lowest BCUT2D eigenvalue weighted by molar-refractivity contribution is -0.458. The summed E-state index contributed by atoms with van der Waals surface area (Å²) >= 11 is 0. The van der Waals surface area contributed by atoms with Crippen molar-refractivity contribution in [1.82, 2.24) is 0 Å². The van der Waals surface area contributed by atoms with Crippen LogP contribution < -0.4 is 0 Å². The largest absolute Gasteiger partial charge is 0.743 e. The second-order valence-electron chi connectivity index (χ2n) is 8.51. The van der Waals surface area contributed by atoms with Gasteiger partial charge in [0.1, 0.15) is 5.75 Å². The van der Waals surface area contributed by atoms with Gasteiger partial charge in [0.05, 0.1) is 6.26 Å². The Labute approximate surface area is 223 Å². The van der Waals surface area contributed by atoms with Crippen LogP contribution in [0.5, 0.6) is 0 Å². The summed E-state index contributed by atoms with van der Waals surface area (Å²) in [4.78, 5) is 11.5. The average Bonchev–Trinajstić information content (AvgIpc) is 2.77. The third-order valence-electron chi connectivity index (χ3n) is 5.52. The van der Waals surface area contributed by atoms with Crippen LogP contribution in [0.2, 0.25) is 0 Å². The van der Waals surface area contributed by atoms with Crippen molar-refractivity contribution in [3.05, 3.63) is 0 Å². The van der Waals surface area contributed by atoms with Gasteiger partial charge < -0.3 is 4.55 Å². The van der Waals surface area contributed by atoms with E-state index in [1.165, 1.54) is 25.0 Å². The number of halogens is 17. The second-order valence-corrected chi connectivity index (χ2v) is 12.3. The molecule has 0 aromatic rings. The third kappa shape index (κ3) is 6.64. The number of carbonyl (C=O) groups excluding carboxylic acids is 1. The molecule has 1 aliphatic carbocycles. The Balaban J connectivity index is 0.00000110. The van der Waals surface area contributed by atoms with Gasteiger partial charge >= 0.3 is 47.0 Å². The zero-order valence-corrected chi connectivity index (χ0v) is 21.8. The number of carbonyl (C=O) groups is 1. The molecule has 0 N–H and O–H groups in total. The van der Waals surface area contributed by atoms with Crippen LogP contribution in [0.4, 0.5) is 74.6 Å². The van der Waals surface area contributed by atoms with Crippen LogP contribution in [0.3, 0.4) is 0 Å². The van der Waals surface area contributed by atoms with Crippen LogP contribution in [0, 0.1) is 0 Å². The maximum absolute atomic E-state index is 13.0. The van der Waals surface area contributed by atoms with Crippen LogP contribution in [-0.4, -0.2) is 83.0 Å². The summed E-state index contributed by atoms with van der Waals surface area (Å²) in [5.74, 6) is -50.4. The molecule has 246 valence electrons. The number of hydrogen-bond donors (Lipinski definition) is 0. The van der Waals surface area contributed by atoms with Gasteiger partial charge in [-0.25, -0.2) is 8.42 Å². The molecule has 0 saturated heterocycles. The molecule has 2 atom stereocenters. The summed E-state index contributed by atoms with van der Waals surface area (Å²) in [5.41, 5.74) is 0. The Morgan fingerprint density at radius 2 is 1.07 bits per heavy atom. The number of hydrogen-bond acceptors (Lipinski definition) is 4. The van der Waals surface area contributed by atoms with Crippen LogP contribution >= 0.6 is 0 Å². The van der Waals surface area contributed by atoms with E-state index in [9.17, 15) is 92.4 Å². The van der Waals surface area contributed by atoms with Gasteiger partial charge in [0, 0.05) is 12.8 Å². The van der Waals surface area contributed by atoms with Crippen molar-refractivity contribution >= 4 is 26.8 Å². The van der Waals surface area contributed by atoms with Crippen molar-refractivity contribution in [3.8, 4) is 0 Å². The lowest BCUT2D eigenvalue weighted by Gasteiger charge is -2.42. The highest BCUT2D eigenvalue weighted by molar-refractivity contribution is 7.97. The summed E-state index contributed by atoms with van der Waals surface area (Å²) < 4.78 is 244. The molecule has 1 saturated carbocycles. The van der Waals surface area contributed by atoms with Crippen molar-refractivity contribution in [2.24, 2.45) is 0 Å². The Kier molecular flexibility index (Phi) is 11.7. The standard InChI is InChI=1S/C10H19OS.C8HF17O3S/c1-3-8-12(2)10-7-5-4-6-9(10)11;9-1(10,3(13,14)5(17,18)7(21,22)23)2(11,12)4(15,16)6(19,20)8(24,25)29(26,27)28/h10H,3-8H2,1-2H3;(H,26,27,28)/q+1;/p-1. The van der Waals surface area contributed by atoms with Crippen LogP contribution in [0.15, 0.2) is 0 Å². The van der Waals surface area contributed by atoms with Crippen molar-refractivity contribution in [2.45, 2.75) is 91.2 Å². The van der Waals surface area contributed by atoms with Crippen molar-refractivity contribution in [3.63, 3.8) is 0 Å². The molecular weight excluding hydrogens is 667 g/mol. The minimum atomic E-state index is -8.92. The topological polar surface area (TPSA) is 74.3 Å². The number of alkyl halides is 17. The zero-order valence-electron chi connectivity index (χ0n) is 20.2. The molecule has 1 fully saturated rings.